The first kappa shape index (κ1) is 13.0. The molecule has 0 bridgehead atoms. The number of hydrogen-bond acceptors (Lipinski definition) is 3. The van der Waals surface area contributed by atoms with E-state index in [4.69, 9.17) is 15.2 Å². The lowest BCUT2D eigenvalue weighted by atomic mass is 10.0. The first-order chi connectivity index (χ1) is 7.77. The summed E-state index contributed by atoms with van der Waals surface area (Å²) >= 11 is 0. The third-order valence-electron chi connectivity index (χ3n) is 2.48. The van der Waals surface area contributed by atoms with Crippen LogP contribution in [0.2, 0.25) is 0 Å². The molecule has 0 fully saturated rings. The number of para-hydroxylation sites is 1. The molecule has 0 spiro atoms. The maximum atomic E-state index is 5.94. The standard InChI is InChI=1S/C13H21NO2/c1-3-12(14)9-11-7-5-6-8-13(11)16-10-15-4-2/h5-8,12H,3-4,9-10,14H2,1-2H3. The van der Waals surface area contributed by atoms with Gasteiger partial charge in [0.2, 0.25) is 0 Å². The summed E-state index contributed by atoms with van der Waals surface area (Å²) in [5.74, 6) is 0.875. The summed E-state index contributed by atoms with van der Waals surface area (Å²) in [7, 11) is 0. The van der Waals surface area contributed by atoms with Crippen molar-refractivity contribution in [3.05, 3.63) is 29.8 Å². The van der Waals surface area contributed by atoms with Gasteiger partial charge in [0.1, 0.15) is 5.75 Å². The van der Waals surface area contributed by atoms with E-state index in [1.807, 2.05) is 25.1 Å². The highest BCUT2D eigenvalue weighted by molar-refractivity contribution is 5.33. The molecule has 0 aromatic heterocycles. The Labute approximate surface area is 97.6 Å². The second kappa shape index (κ2) is 7.25. The van der Waals surface area contributed by atoms with E-state index in [2.05, 4.69) is 13.0 Å². The molecule has 1 aromatic carbocycles. The second-order valence-electron chi connectivity index (χ2n) is 3.74. The molecule has 0 radical (unpaired) electrons. The highest BCUT2D eigenvalue weighted by Gasteiger charge is 2.06. The third-order valence-corrected chi connectivity index (χ3v) is 2.48. The van der Waals surface area contributed by atoms with Crippen LogP contribution in [-0.2, 0) is 11.2 Å². The minimum Gasteiger partial charge on any atom is -0.467 e. The second-order valence-corrected chi connectivity index (χ2v) is 3.74. The topological polar surface area (TPSA) is 44.5 Å². The van der Waals surface area contributed by atoms with E-state index in [-0.39, 0.29) is 6.04 Å². The van der Waals surface area contributed by atoms with E-state index in [0.717, 1.165) is 24.2 Å². The van der Waals surface area contributed by atoms with Crippen LogP contribution in [0, 0.1) is 0 Å². The number of nitrogens with two attached hydrogens (primary N) is 1. The molecule has 3 heteroatoms. The molecule has 3 nitrogen and oxygen atoms in total. The Morgan fingerprint density at radius 3 is 2.69 bits per heavy atom. The van der Waals surface area contributed by atoms with Crippen LogP contribution in [0.4, 0.5) is 0 Å². The van der Waals surface area contributed by atoms with Crippen molar-refractivity contribution in [3.63, 3.8) is 0 Å². The molecule has 90 valence electrons. The molecule has 16 heavy (non-hydrogen) atoms. The van der Waals surface area contributed by atoms with E-state index in [1.165, 1.54) is 0 Å². The number of ether oxygens (including phenoxy) is 2. The Balaban J connectivity index is 2.60. The maximum Gasteiger partial charge on any atom is 0.189 e. The van der Waals surface area contributed by atoms with Gasteiger partial charge in [-0.25, -0.2) is 0 Å². The van der Waals surface area contributed by atoms with Gasteiger partial charge < -0.3 is 15.2 Å². The van der Waals surface area contributed by atoms with Crippen LogP contribution in [-0.4, -0.2) is 19.4 Å². The van der Waals surface area contributed by atoms with Gasteiger partial charge in [0, 0.05) is 12.6 Å². The van der Waals surface area contributed by atoms with Crippen LogP contribution >= 0.6 is 0 Å². The maximum absolute atomic E-state index is 5.94. The van der Waals surface area contributed by atoms with Gasteiger partial charge in [-0.05, 0) is 31.4 Å². The zero-order valence-electron chi connectivity index (χ0n) is 10.1. The fraction of sp³-hybridized carbons (Fsp3) is 0.538. The van der Waals surface area contributed by atoms with Crippen molar-refractivity contribution < 1.29 is 9.47 Å². The van der Waals surface area contributed by atoms with E-state index < -0.39 is 0 Å². The molecule has 2 N–H and O–H groups in total. The monoisotopic (exact) mass is 223 g/mol. The molecule has 0 saturated heterocycles. The van der Waals surface area contributed by atoms with Crippen molar-refractivity contribution in [2.45, 2.75) is 32.7 Å². The number of hydrogen-bond donors (Lipinski definition) is 1. The Hall–Kier alpha value is -1.06. The molecule has 1 rings (SSSR count). The molecule has 0 heterocycles. The lowest BCUT2D eigenvalue weighted by Crippen LogP contribution is -2.21. The first-order valence-corrected chi connectivity index (χ1v) is 5.82. The zero-order valence-corrected chi connectivity index (χ0v) is 10.1. The summed E-state index contributed by atoms with van der Waals surface area (Å²) < 4.78 is 10.7. The highest BCUT2D eigenvalue weighted by atomic mass is 16.7. The van der Waals surface area contributed by atoms with E-state index in [1.54, 1.807) is 0 Å². The fourth-order valence-corrected chi connectivity index (χ4v) is 1.43. The van der Waals surface area contributed by atoms with Gasteiger partial charge in [-0.15, -0.1) is 0 Å². The Bertz CT molecular complexity index is 302. The van der Waals surface area contributed by atoms with Crippen LogP contribution in [0.25, 0.3) is 0 Å². The van der Waals surface area contributed by atoms with Gasteiger partial charge in [-0.1, -0.05) is 25.1 Å². The molecule has 0 aliphatic carbocycles. The van der Waals surface area contributed by atoms with Gasteiger partial charge in [0.25, 0.3) is 0 Å². The lowest BCUT2D eigenvalue weighted by molar-refractivity contribution is 0.0218. The summed E-state index contributed by atoms with van der Waals surface area (Å²) in [6.45, 7) is 5.00. The molecule has 0 aliphatic heterocycles. The van der Waals surface area contributed by atoms with Gasteiger partial charge in [0.15, 0.2) is 6.79 Å². The molecule has 0 saturated carbocycles. The van der Waals surface area contributed by atoms with Gasteiger partial charge in [-0.2, -0.15) is 0 Å². The van der Waals surface area contributed by atoms with Crippen molar-refractivity contribution in [1.82, 2.24) is 0 Å². The normalized spacial score (nSPS) is 12.4. The largest absolute Gasteiger partial charge is 0.467 e. The van der Waals surface area contributed by atoms with Crippen molar-refractivity contribution in [1.29, 1.82) is 0 Å². The lowest BCUT2D eigenvalue weighted by Gasteiger charge is -2.14. The van der Waals surface area contributed by atoms with Crippen LogP contribution in [0.1, 0.15) is 25.8 Å². The molecule has 1 unspecified atom stereocenters. The SMILES string of the molecule is CCOCOc1ccccc1CC(N)CC. The van der Waals surface area contributed by atoms with Crippen molar-refractivity contribution in [3.8, 4) is 5.75 Å². The van der Waals surface area contributed by atoms with Crippen molar-refractivity contribution in [2.24, 2.45) is 5.73 Å². The molecular formula is C13H21NO2. The summed E-state index contributed by atoms with van der Waals surface area (Å²) in [4.78, 5) is 0. The predicted octanol–water partition coefficient (Wildman–Crippen LogP) is 2.34. The van der Waals surface area contributed by atoms with Crippen LogP contribution in [0.15, 0.2) is 24.3 Å². The van der Waals surface area contributed by atoms with E-state index >= 15 is 0 Å². The number of benzene rings is 1. The Morgan fingerprint density at radius 1 is 1.25 bits per heavy atom. The van der Waals surface area contributed by atoms with Gasteiger partial charge in [-0.3, -0.25) is 0 Å². The molecule has 1 atom stereocenters. The molecule has 1 aromatic rings. The summed E-state index contributed by atoms with van der Waals surface area (Å²) in [5, 5.41) is 0. The van der Waals surface area contributed by atoms with Gasteiger partial charge in [0.05, 0.1) is 0 Å². The smallest absolute Gasteiger partial charge is 0.189 e. The molecular weight excluding hydrogens is 202 g/mol. The Morgan fingerprint density at radius 2 is 2.00 bits per heavy atom. The van der Waals surface area contributed by atoms with Gasteiger partial charge >= 0.3 is 0 Å². The first-order valence-electron chi connectivity index (χ1n) is 5.82. The van der Waals surface area contributed by atoms with Crippen LogP contribution in [0.3, 0.4) is 0 Å². The summed E-state index contributed by atoms with van der Waals surface area (Å²) in [5.41, 5.74) is 7.09. The average Bonchev–Trinajstić information content (AvgIpc) is 2.31. The minimum atomic E-state index is 0.192. The Kier molecular flexibility index (Phi) is 5.90. The quantitative estimate of drug-likeness (QED) is 0.570. The van der Waals surface area contributed by atoms with Crippen LogP contribution < -0.4 is 10.5 Å². The third kappa shape index (κ3) is 4.21. The van der Waals surface area contributed by atoms with Crippen molar-refractivity contribution in [2.75, 3.05) is 13.4 Å². The van der Waals surface area contributed by atoms with E-state index in [9.17, 15) is 0 Å². The summed E-state index contributed by atoms with van der Waals surface area (Å²) in [6, 6.07) is 8.16. The molecule has 0 aliphatic rings. The molecule has 0 amide bonds. The average molecular weight is 223 g/mol. The highest BCUT2D eigenvalue weighted by Crippen LogP contribution is 2.19. The van der Waals surface area contributed by atoms with Crippen molar-refractivity contribution >= 4 is 0 Å². The minimum absolute atomic E-state index is 0.192. The predicted molar refractivity (Wildman–Crippen MR) is 65.5 cm³/mol. The van der Waals surface area contributed by atoms with Crippen LogP contribution in [0.5, 0.6) is 5.75 Å². The number of rotatable bonds is 7. The summed E-state index contributed by atoms with van der Waals surface area (Å²) in [6.07, 6.45) is 1.82. The van der Waals surface area contributed by atoms with E-state index in [0.29, 0.717) is 13.4 Å². The zero-order chi connectivity index (χ0) is 11.8. The fourth-order valence-electron chi connectivity index (χ4n) is 1.43.